The average Bonchev–Trinajstić information content (AvgIpc) is 2.74. The molecule has 0 unspecified atom stereocenters. The van der Waals surface area contributed by atoms with Crippen molar-refractivity contribution in [3.63, 3.8) is 0 Å². The minimum Gasteiger partial charge on any atom is -0.316 e. The molecule has 0 radical (unpaired) electrons. The van der Waals surface area contributed by atoms with Gasteiger partial charge in [0.05, 0.1) is 15.9 Å². The molecule has 0 amide bonds. The number of benzene rings is 1. The minimum absolute atomic E-state index is 0.906. The Morgan fingerprint density at radius 1 is 1.30 bits per heavy atom. The highest BCUT2D eigenvalue weighted by Gasteiger charge is 2.12. The molecule has 20 heavy (non-hydrogen) atoms. The van der Waals surface area contributed by atoms with Gasteiger partial charge in [-0.2, -0.15) is 5.10 Å². The lowest BCUT2D eigenvalue weighted by Gasteiger charge is -2.06. The fourth-order valence-corrected chi connectivity index (χ4v) is 3.60. The topological polar surface area (TPSA) is 29.9 Å². The highest BCUT2D eigenvalue weighted by molar-refractivity contribution is 9.10. The molecule has 5 heteroatoms. The molecule has 0 bridgehead atoms. The van der Waals surface area contributed by atoms with Gasteiger partial charge in [0, 0.05) is 23.7 Å². The normalized spacial score (nSPS) is 11.0. The van der Waals surface area contributed by atoms with Crippen LogP contribution in [0.15, 0.2) is 33.6 Å². The first-order valence-corrected chi connectivity index (χ1v) is 8.51. The summed E-state index contributed by atoms with van der Waals surface area (Å²) in [6.07, 6.45) is 0. The number of aryl methyl sites for hydroxylation is 2. The lowest BCUT2D eigenvalue weighted by molar-refractivity contribution is 0.631. The van der Waals surface area contributed by atoms with Crippen LogP contribution in [0.25, 0.3) is 0 Å². The predicted octanol–water partition coefficient (Wildman–Crippen LogP) is 3.99. The summed E-state index contributed by atoms with van der Waals surface area (Å²) < 4.78 is 3.21. The highest BCUT2D eigenvalue weighted by Crippen LogP contribution is 2.29. The van der Waals surface area contributed by atoms with Crippen LogP contribution in [0.3, 0.4) is 0 Å². The van der Waals surface area contributed by atoms with Gasteiger partial charge >= 0.3 is 0 Å². The Morgan fingerprint density at radius 3 is 2.60 bits per heavy atom. The van der Waals surface area contributed by atoms with Crippen molar-refractivity contribution in [1.82, 2.24) is 15.1 Å². The zero-order valence-electron chi connectivity index (χ0n) is 12.1. The maximum absolute atomic E-state index is 4.53. The third kappa shape index (κ3) is 3.65. The van der Waals surface area contributed by atoms with E-state index >= 15 is 0 Å². The summed E-state index contributed by atoms with van der Waals surface area (Å²) in [7, 11) is 1.97. The second-order valence-electron chi connectivity index (χ2n) is 4.62. The zero-order chi connectivity index (χ0) is 14.5. The second-order valence-corrected chi connectivity index (χ2v) is 6.47. The third-order valence-electron chi connectivity index (χ3n) is 3.13. The number of nitrogens with zero attached hydrogens (tertiary/aromatic N) is 2. The summed E-state index contributed by atoms with van der Waals surface area (Å²) in [5.74, 6) is 0.931. The molecule has 3 nitrogen and oxygen atoms in total. The van der Waals surface area contributed by atoms with Crippen molar-refractivity contribution in [1.29, 1.82) is 0 Å². The SMILES string of the molecule is CCn1nc(C)c(Br)c1CSc1ccc(CNC)cc1. The molecule has 1 aromatic heterocycles. The zero-order valence-corrected chi connectivity index (χ0v) is 14.5. The van der Waals surface area contributed by atoms with E-state index in [1.54, 1.807) is 0 Å². The molecule has 0 aliphatic heterocycles. The van der Waals surface area contributed by atoms with Crippen LogP contribution in [0.5, 0.6) is 0 Å². The Morgan fingerprint density at radius 2 is 2.00 bits per heavy atom. The first kappa shape index (κ1) is 15.6. The van der Waals surface area contributed by atoms with E-state index in [2.05, 4.69) is 62.2 Å². The van der Waals surface area contributed by atoms with Gasteiger partial charge in [0.1, 0.15) is 0 Å². The van der Waals surface area contributed by atoms with Crippen molar-refractivity contribution in [3.8, 4) is 0 Å². The molecule has 2 rings (SSSR count). The van der Waals surface area contributed by atoms with Crippen molar-refractivity contribution in [2.24, 2.45) is 0 Å². The molecule has 1 heterocycles. The molecule has 0 aliphatic carbocycles. The van der Waals surface area contributed by atoms with Crippen LogP contribution in [0, 0.1) is 6.92 Å². The number of thioether (sulfide) groups is 1. The summed E-state index contributed by atoms with van der Waals surface area (Å²) in [5.41, 5.74) is 3.63. The number of halogens is 1. The summed E-state index contributed by atoms with van der Waals surface area (Å²) in [5, 5.41) is 7.69. The van der Waals surface area contributed by atoms with Crippen molar-refractivity contribution >= 4 is 27.7 Å². The van der Waals surface area contributed by atoms with Crippen molar-refractivity contribution in [2.75, 3.05) is 7.05 Å². The van der Waals surface area contributed by atoms with Crippen LogP contribution < -0.4 is 5.32 Å². The Labute approximate surface area is 133 Å². The van der Waals surface area contributed by atoms with Gasteiger partial charge < -0.3 is 5.32 Å². The van der Waals surface area contributed by atoms with Crippen molar-refractivity contribution in [3.05, 3.63) is 45.7 Å². The summed E-state index contributed by atoms with van der Waals surface area (Å²) >= 11 is 5.49. The Hall–Kier alpha value is -0.780. The van der Waals surface area contributed by atoms with Gasteiger partial charge in [-0.3, -0.25) is 4.68 Å². The van der Waals surface area contributed by atoms with Gasteiger partial charge in [-0.1, -0.05) is 12.1 Å². The van der Waals surface area contributed by atoms with E-state index in [4.69, 9.17) is 0 Å². The fraction of sp³-hybridized carbons (Fsp3) is 0.400. The van der Waals surface area contributed by atoms with Crippen molar-refractivity contribution in [2.45, 2.75) is 37.6 Å². The fourth-order valence-electron chi connectivity index (χ4n) is 2.07. The Kier molecular flexibility index (Phi) is 5.69. The molecular weight excluding hydrogens is 334 g/mol. The predicted molar refractivity (Wildman–Crippen MR) is 89.1 cm³/mol. The molecule has 1 N–H and O–H groups in total. The molecule has 0 saturated carbocycles. The maximum Gasteiger partial charge on any atom is 0.0739 e. The van der Waals surface area contributed by atoms with E-state index in [0.29, 0.717) is 0 Å². The molecule has 0 aliphatic rings. The number of hydrogen-bond acceptors (Lipinski definition) is 3. The average molecular weight is 354 g/mol. The lowest BCUT2D eigenvalue weighted by atomic mass is 10.2. The number of nitrogens with one attached hydrogen (secondary N) is 1. The monoisotopic (exact) mass is 353 g/mol. The van der Waals surface area contributed by atoms with E-state index < -0.39 is 0 Å². The molecule has 0 saturated heterocycles. The highest BCUT2D eigenvalue weighted by atomic mass is 79.9. The Balaban J connectivity index is 2.05. The van der Waals surface area contributed by atoms with Gasteiger partial charge in [0.2, 0.25) is 0 Å². The van der Waals surface area contributed by atoms with E-state index in [-0.39, 0.29) is 0 Å². The Bertz CT molecular complexity index is 563. The molecule has 0 fully saturated rings. The van der Waals surface area contributed by atoms with Gasteiger partial charge in [-0.05, 0) is 54.5 Å². The third-order valence-corrected chi connectivity index (χ3v) is 5.19. The van der Waals surface area contributed by atoms with Gasteiger partial charge in [0.25, 0.3) is 0 Å². The van der Waals surface area contributed by atoms with Crippen LogP contribution in [0.1, 0.15) is 23.9 Å². The lowest BCUT2D eigenvalue weighted by Crippen LogP contribution is -2.04. The number of hydrogen-bond donors (Lipinski definition) is 1. The summed E-state index contributed by atoms with van der Waals surface area (Å²) in [6.45, 7) is 5.98. The molecule has 0 atom stereocenters. The van der Waals surface area contributed by atoms with Crippen LogP contribution >= 0.6 is 27.7 Å². The van der Waals surface area contributed by atoms with Crippen LogP contribution in [-0.4, -0.2) is 16.8 Å². The standard InChI is InChI=1S/C15H20BrN3S/c1-4-19-14(15(16)11(2)18-19)10-20-13-7-5-12(6-8-13)9-17-3/h5-8,17H,4,9-10H2,1-3H3. The quantitative estimate of drug-likeness (QED) is 0.796. The largest absolute Gasteiger partial charge is 0.316 e. The molecule has 1 aromatic carbocycles. The summed E-state index contributed by atoms with van der Waals surface area (Å²) in [4.78, 5) is 1.29. The molecule has 2 aromatic rings. The van der Waals surface area contributed by atoms with Crippen LogP contribution in [0.2, 0.25) is 0 Å². The van der Waals surface area contributed by atoms with E-state index in [1.807, 2.05) is 25.7 Å². The van der Waals surface area contributed by atoms with E-state index in [0.717, 1.165) is 29.0 Å². The van der Waals surface area contributed by atoms with Crippen LogP contribution in [-0.2, 0) is 18.8 Å². The van der Waals surface area contributed by atoms with Crippen molar-refractivity contribution < 1.29 is 0 Å². The maximum atomic E-state index is 4.53. The first-order chi connectivity index (χ1) is 9.65. The molecule has 108 valence electrons. The van der Waals surface area contributed by atoms with Gasteiger partial charge in [-0.25, -0.2) is 0 Å². The molecular formula is C15H20BrN3S. The van der Waals surface area contributed by atoms with Gasteiger partial charge in [-0.15, -0.1) is 11.8 Å². The second kappa shape index (κ2) is 7.29. The van der Waals surface area contributed by atoms with Crippen LogP contribution in [0.4, 0.5) is 0 Å². The first-order valence-electron chi connectivity index (χ1n) is 6.73. The summed E-state index contributed by atoms with van der Waals surface area (Å²) in [6, 6.07) is 8.72. The van der Waals surface area contributed by atoms with E-state index in [1.165, 1.54) is 16.2 Å². The number of rotatable bonds is 6. The molecule has 0 spiro atoms. The smallest absolute Gasteiger partial charge is 0.0739 e. The van der Waals surface area contributed by atoms with E-state index in [9.17, 15) is 0 Å². The number of aromatic nitrogens is 2. The minimum atomic E-state index is 0.906. The van der Waals surface area contributed by atoms with Gasteiger partial charge in [0.15, 0.2) is 0 Å².